The van der Waals surface area contributed by atoms with Crippen LogP contribution in [0, 0.1) is 13.8 Å². The minimum absolute atomic E-state index is 0.0191. The first kappa shape index (κ1) is 14.5. The van der Waals surface area contributed by atoms with Crippen molar-refractivity contribution in [3.8, 4) is 0 Å². The Balaban J connectivity index is 2.02. The van der Waals surface area contributed by atoms with Gasteiger partial charge in [-0.25, -0.2) is 0 Å². The van der Waals surface area contributed by atoms with Gasteiger partial charge < -0.3 is 5.32 Å². The van der Waals surface area contributed by atoms with Crippen molar-refractivity contribution in [1.29, 1.82) is 0 Å². The summed E-state index contributed by atoms with van der Waals surface area (Å²) in [5, 5.41) is 3.13. The van der Waals surface area contributed by atoms with Crippen LogP contribution in [-0.2, 0) is 0 Å². The number of hydrogen-bond donors (Lipinski definition) is 1. The Morgan fingerprint density at radius 3 is 2.25 bits per heavy atom. The average Bonchev–Trinajstić information content (AvgIpc) is 2.38. The van der Waals surface area contributed by atoms with Crippen LogP contribution in [0.4, 0.5) is 5.69 Å². The van der Waals surface area contributed by atoms with Gasteiger partial charge in [-0.3, -0.25) is 4.79 Å². The van der Waals surface area contributed by atoms with Crippen LogP contribution in [0.1, 0.15) is 21.5 Å². The van der Waals surface area contributed by atoms with Crippen LogP contribution in [0.2, 0.25) is 0 Å². The zero-order chi connectivity index (χ0) is 14.5. The van der Waals surface area contributed by atoms with Crippen LogP contribution in [0.25, 0.3) is 0 Å². The average molecular weight is 330 g/mol. The van der Waals surface area contributed by atoms with Gasteiger partial charge in [-0.2, -0.15) is 0 Å². The summed E-state index contributed by atoms with van der Waals surface area (Å²) in [6, 6.07) is 13.5. The number of carbonyl (C=O) groups excluding carboxylic acids is 1. The van der Waals surface area contributed by atoms with E-state index in [0.29, 0.717) is 5.56 Å². The van der Waals surface area contributed by atoms with E-state index in [2.05, 4.69) is 41.2 Å². The Bertz CT molecular complexity index is 624. The minimum atomic E-state index is -0.0191. The molecule has 2 aromatic carbocycles. The SMILES string of the molecule is Cc1cc(C)cc(NC=CC(=O)c2ccc(Br)cc2)c1. The molecule has 0 aliphatic carbocycles. The van der Waals surface area contributed by atoms with Crippen LogP contribution < -0.4 is 5.32 Å². The van der Waals surface area contributed by atoms with Crippen LogP contribution >= 0.6 is 15.9 Å². The Morgan fingerprint density at radius 2 is 1.65 bits per heavy atom. The number of allylic oxidation sites excluding steroid dienone is 1. The predicted octanol–water partition coefficient (Wildman–Crippen LogP) is 4.87. The molecule has 0 saturated heterocycles. The Kier molecular flexibility index (Phi) is 4.74. The monoisotopic (exact) mass is 329 g/mol. The third-order valence-corrected chi connectivity index (χ3v) is 3.36. The minimum Gasteiger partial charge on any atom is -0.362 e. The Hall–Kier alpha value is -1.87. The molecule has 20 heavy (non-hydrogen) atoms. The van der Waals surface area contributed by atoms with E-state index in [-0.39, 0.29) is 5.78 Å². The lowest BCUT2D eigenvalue weighted by molar-refractivity contribution is 0.104. The normalized spacial score (nSPS) is 10.8. The molecule has 0 heterocycles. The summed E-state index contributed by atoms with van der Waals surface area (Å²) in [4.78, 5) is 11.9. The highest BCUT2D eigenvalue weighted by atomic mass is 79.9. The number of hydrogen-bond acceptors (Lipinski definition) is 2. The van der Waals surface area contributed by atoms with Gasteiger partial charge in [0.25, 0.3) is 0 Å². The second-order valence-corrected chi connectivity index (χ2v) is 5.64. The molecule has 0 aromatic heterocycles. The number of rotatable bonds is 4. The first-order valence-corrected chi connectivity index (χ1v) is 7.15. The molecule has 2 aromatic rings. The van der Waals surface area contributed by atoms with Crippen LogP contribution in [-0.4, -0.2) is 5.78 Å². The lowest BCUT2D eigenvalue weighted by Crippen LogP contribution is -1.96. The number of ketones is 1. The first-order valence-electron chi connectivity index (χ1n) is 6.36. The third-order valence-electron chi connectivity index (χ3n) is 2.84. The molecule has 3 heteroatoms. The van der Waals surface area contributed by atoms with Gasteiger partial charge >= 0.3 is 0 Å². The molecule has 2 nitrogen and oxygen atoms in total. The Morgan fingerprint density at radius 1 is 1.05 bits per heavy atom. The number of aryl methyl sites for hydroxylation is 2. The Labute approximate surface area is 127 Å². The number of anilines is 1. The third kappa shape index (κ3) is 4.07. The zero-order valence-corrected chi connectivity index (χ0v) is 13.1. The van der Waals surface area contributed by atoms with E-state index in [4.69, 9.17) is 0 Å². The first-order chi connectivity index (χ1) is 9.54. The van der Waals surface area contributed by atoms with E-state index < -0.39 is 0 Å². The largest absolute Gasteiger partial charge is 0.362 e. The maximum absolute atomic E-state index is 11.9. The molecule has 0 atom stereocenters. The molecular weight excluding hydrogens is 314 g/mol. The van der Waals surface area contributed by atoms with E-state index >= 15 is 0 Å². The fourth-order valence-electron chi connectivity index (χ4n) is 1.98. The van der Waals surface area contributed by atoms with E-state index in [1.54, 1.807) is 24.4 Å². The van der Waals surface area contributed by atoms with Crippen LogP contribution in [0.5, 0.6) is 0 Å². The molecule has 0 radical (unpaired) electrons. The predicted molar refractivity (Wildman–Crippen MR) is 87.2 cm³/mol. The van der Waals surface area contributed by atoms with Gasteiger partial charge in [-0.05, 0) is 61.4 Å². The maximum Gasteiger partial charge on any atom is 0.187 e. The highest BCUT2D eigenvalue weighted by Crippen LogP contribution is 2.14. The molecule has 0 aliphatic rings. The second-order valence-electron chi connectivity index (χ2n) is 4.73. The second kappa shape index (κ2) is 6.53. The summed E-state index contributed by atoms with van der Waals surface area (Å²) in [5.41, 5.74) is 4.05. The summed E-state index contributed by atoms with van der Waals surface area (Å²) >= 11 is 3.35. The van der Waals surface area contributed by atoms with Gasteiger partial charge in [0.2, 0.25) is 0 Å². The smallest absolute Gasteiger partial charge is 0.187 e. The standard InChI is InChI=1S/C17H16BrNO/c1-12-9-13(2)11-16(10-12)19-8-7-17(20)14-3-5-15(18)6-4-14/h3-11,19H,1-2H3. The topological polar surface area (TPSA) is 29.1 Å². The fourth-order valence-corrected chi connectivity index (χ4v) is 2.25. The van der Waals surface area contributed by atoms with Gasteiger partial charge in [0.15, 0.2) is 5.78 Å². The molecule has 0 amide bonds. The van der Waals surface area contributed by atoms with Crippen molar-refractivity contribution in [1.82, 2.24) is 0 Å². The quantitative estimate of drug-likeness (QED) is 0.640. The molecule has 1 N–H and O–H groups in total. The van der Waals surface area contributed by atoms with Gasteiger partial charge in [0.1, 0.15) is 0 Å². The molecule has 0 fully saturated rings. The van der Waals surface area contributed by atoms with Crippen molar-refractivity contribution in [3.05, 3.63) is 75.9 Å². The van der Waals surface area contributed by atoms with E-state index in [1.165, 1.54) is 11.1 Å². The lowest BCUT2D eigenvalue weighted by Gasteiger charge is -2.04. The zero-order valence-electron chi connectivity index (χ0n) is 11.5. The molecule has 0 saturated carbocycles. The lowest BCUT2D eigenvalue weighted by atomic mass is 10.1. The van der Waals surface area contributed by atoms with Gasteiger partial charge in [0, 0.05) is 28.0 Å². The maximum atomic E-state index is 11.9. The summed E-state index contributed by atoms with van der Waals surface area (Å²) in [6.45, 7) is 4.10. The molecule has 0 unspecified atom stereocenters. The molecule has 2 rings (SSSR count). The van der Waals surface area contributed by atoms with Gasteiger partial charge in [0.05, 0.1) is 0 Å². The van der Waals surface area contributed by atoms with Crippen LogP contribution in [0.15, 0.2) is 59.2 Å². The van der Waals surface area contributed by atoms with Crippen molar-refractivity contribution in [2.24, 2.45) is 0 Å². The number of benzene rings is 2. The van der Waals surface area contributed by atoms with E-state index in [9.17, 15) is 4.79 Å². The highest BCUT2D eigenvalue weighted by molar-refractivity contribution is 9.10. The number of halogens is 1. The molecule has 0 aliphatic heterocycles. The summed E-state index contributed by atoms with van der Waals surface area (Å²) < 4.78 is 0.964. The number of carbonyl (C=O) groups is 1. The highest BCUT2D eigenvalue weighted by Gasteiger charge is 2.00. The van der Waals surface area contributed by atoms with Crippen LogP contribution in [0.3, 0.4) is 0 Å². The molecule has 0 spiro atoms. The van der Waals surface area contributed by atoms with Crippen molar-refractivity contribution in [2.45, 2.75) is 13.8 Å². The van der Waals surface area contributed by atoms with Crippen molar-refractivity contribution >= 4 is 27.4 Å². The molecule has 102 valence electrons. The number of nitrogens with one attached hydrogen (secondary N) is 1. The van der Waals surface area contributed by atoms with Gasteiger partial charge in [-0.15, -0.1) is 0 Å². The summed E-state index contributed by atoms with van der Waals surface area (Å²) in [7, 11) is 0. The summed E-state index contributed by atoms with van der Waals surface area (Å²) in [5.74, 6) is -0.0191. The van der Waals surface area contributed by atoms with Crippen molar-refractivity contribution in [2.75, 3.05) is 5.32 Å². The summed E-state index contributed by atoms with van der Waals surface area (Å²) in [6.07, 6.45) is 3.22. The molecular formula is C17H16BrNO. The van der Waals surface area contributed by atoms with Gasteiger partial charge in [-0.1, -0.05) is 22.0 Å². The van der Waals surface area contributed by atoms with Crippen molar-refractivity contribution < 1.29 is 4.79 Å². The molecule has 0 bridgehead atoms. The fraction of sp³-hybridized carbons (Fsp3) is 0.118. The van der Waals surface area contributed by atoms with E-state index in [0.717, 1.165) is 10.2 Å². The van der Waals surface area contributed by atoms with E-state index in [1.807, 2.05) is 24.3 Å². The van der Waals surface area contributed by atoms with Crippen molar-refractivity contribution in [3.63, 3.8) is 0 Å².